The van der Waals surface area contributed by atoms with Crippen LogP contribution in [0.2, 0.25) is 0 Å². The summed E-state index contributed by atoms with van der Waals surface area (Å²) in [5.41, 5.74) is 1.16. The molecule has 1 heterocycles. The van der Waals surface area contributed by atoms with E-state index in [4.69, 9.17) is 9.73 Å². The van der Waals surface area contributed by atoms with Crippen molar-refractivity contribution in [3.8, 4) is 5.75 Å². The summed E-state index contributed by atoms with van der Waals surface area (Å²) >= 11 is 1.81. The maximum absolute atomic E-state index is 5.56. The van der Waals surface area contributed by atoms with Crippen LogP contribution in [0.1, 0.15) is 23.4 Å². The monoisotopic (exact) mass is 388 g/mol. The van der Waals surface area contributed by atoms with E-state index in [2.05, 4.69) is 72.8 Å². The number of hydrogen-bond acceptors (Lipinski definition) is 4. The van der Waals surface area contributed by atoms with Crippen LogP contribution in [0.5, 0.6) is 5.75 Å². The molecule has 1 unspecified atom stereocenters. The minimum Gasteiger partial charge on any atom is -0.496 e. The Balaban J connectivity index is 2.11. The standard InChI is InChI=1S/C21H32N4OS/c1-6-22-21(25(4)14-13-17-10-9-15-27-17)23-16-19(24(2)3)18-11-7-8-12-20(18)26-5/h7-12,15,19H,6,13-14,16H2,1-5H3,(H,22,23). The largest absolute Gasteiger partial charge is 0.496 e. The quantitative estimate of drug-likeness (QED) is 0.527. The number of methoxy groups -OCH3 is 1. The summed E-state index contributed by atoms with van der Waals surface area (Å²) in [4.78, 5) is 10.7. The molecule has 2 rings (SSSR count). The second-order valence-corrected chi connectivity index (χ2v) is 7.70. The number of rotatable bonds is 9. The minimum absolute atomic E-state index is 0.153. The Morgan fingerprint density at radius 1 is 1.19 bits per heavy atom. The van der Waals surface area contributed by atoms with Gasteiger partial charge in [-0.05, 0) is 45.0 Å². The number of likely N-dealkylation sites (N-methyl/N-ethyl adjacent to an activating group) is 2. The number of nitrogens with one attached hydrogen (secondary N) is 1. The second kappa shape index (κ2) is 10.9. The molecule has 0 saturated heterocycles. The number of nitrogens with zero attached hydrogens (tertiary/aromatic N) is 3. The molecular weight excluding hydrogens is 356 g/mol. The topological polar surface area (TPSA) is 40.1 Å². The fourth-order valence-electron chi connectivity index (χ4n) is 2.96. The smallest absolute Gasteiger partial charge is 0.193 e. The van der Waals surface area contributed by atoms with E-state index < -0.39 is 0 Å². The predicted molar refractivity (Wildman–Crippen MR) is 116 cm³/mol. The van der Waals surface area contributed by atoms with E-state index in [1.165, 1.54) is 4.88 Å². The molecular formula is C21H32N4OS. The second-order valence-electron chi connectivity index (χ2n) is 6.67. The highest BCUT2D eigenvalue weighted by Crippen LogP contribution is 2.28. The molecule has 6 heteroatoms. The molecule has 5 nitrogen and oxygen atoms in total. The normalized spacial score (nSPS) is 12.9. The number of hydrogen-bond donors (Lipinski definition) is 1. The van der Waals surface area contributed by atoms with Crippen LogP contribution in [-0.4, -0.2) is 63.6 Å². The van der Waals surface area contributed by atoms with Crippen LogP contribution in [0.3, 0.4) is 0 Å². The van der Waals surface area contributed by atoms with Crippen molar-refractivity contribution in [2.24, 2.45) is 4.99 Å². The Morgan fingerprint density at radius 2 is 1.96 bits per heavy atom. The lowest BCUT2D eigenvalue weighted by atomic mass is 10.0. The molecule has 0 amide bonds. The molecule has 0 aliphatic heterocycles. The van der Waals surface area contributed by atoms with E-state index in [1.54, 1.807) is 18.4 Å². The van der Waals surface area contributed by atoms with Gasteiger partial charge in [0.15, 0.2) is 5.96 Å². The SMILES string of the molecule is CCNC(=NCC(c1ccccc1OC)N(C)C)N(C)CCc1cccs1. The lowest BCUT2D eigenvalue weighted by Gasteiger charge is -2.27. The van der Waals surface area contributed by atoms with Gasteiger partial charge in [-0.1, -0.05) is 24.3 Å². The third-order valence-electron chi connectivity index (χ3n) is 4.51. The Bertz CT molecular complexity index is 700. The van der Waals surface area contributed by atoms with E-state index >= 15 is 0 Å². The fraction of sp³-hybridized carbons (Fsp3) is 0.476. The van der Waals surface area contributed by atoms with E-state index in [-0.39, 0.29) is 6.04 Å². The van der Waals surface area contributed by atoms with Crippen LogP contribution in [-0.2, 0) is 6.42 Å². The zero-order valence-electron chi connectivity index (χ0n) is 17.1. The molecule has 0 saturated carbocycles. The fourth-order valence-corrected chi connectivity index (χ4v) is 3.66. The van der Waals surface area contributed by atoms with E-state index in [1.807, 2.05) is 12.1 Å². The van der Waals surface area contributed by atoms with E-state index in [0.29, 0.717) is 6.54 Å². The predicted octanol–water partition coefficient (Wildman–Crippen LogP) is 3.50. The summed E-state index contributed by atoms with van der Waals surface area (Å²) in [6.07, 6.45) is 1.03. The first-order chi connectivity index (χ1) is 13.1. The van der Waals surface area contributed by atoms with Crippen molar-refractivity contribution in [1.82, 2.24) is 15.1 Å². The lowest BCUT2D eigenvalue weighted by Crippen LogP contribution is -2.40. The summed E-state index contributed by atoms with van der Waals surface area (Å²) in [6, 6.07) is 12.6. The molecule has 1 aromatic heterocycles. The molecule has 2 aromatic rings. The Hall–Kier alpha value is -2.05. The third kappa shape index (κ3) is 6.26. The van der Waals surface area contributed by atoms with Crippen molar-refractivity contribution in [2.45, 2.75) is 19.4 Å². The van der Waals surface area contributed by atoms with Crippen molar-refractivity contribution >= 4 is 17.3 Å². The van der Waals surface area contributed by atoms with Crippen LogP contribution in [0, 0.1) is 0 Å². The molecule has 27 heavy (non-hydrogen) atoms. The van der Waals surface area contributed by atoms with Gasteiger partial charge in [-0.2, -0.15) is 0 Å². The maximum Gasteiger partial charge on any atom is 0.193 e. The number of para-hydroxylation sites is 1. The Morgan fingerprint density at radius 3 is 2.59 bits per heavy atom. The first kappa shape index (κ1) is 21.3. The highest BCUT2D eigenvalue weighted by molar-refractivity contribution is 7.09. The van der Waals surface area contributed by atoms with Crippen molar-refractivity contribution < 1.29 is 4.74 Å². The molecule has 1 atom stereocenters. The molecule has 0 radical (unpaired) electrons. The third-order valence-corrected chi connectivity index (χ3v) is 5.44. The van der Waals surface area contributed by atoms with Crippen LogP contribution >= 0.6 is 11.3 Å². The van der Waals surface area contributed by atoms with Crippen molar-refractivity contribution in [3.05, 3.63) is 52.2 Å². The zero-order valence-corrected chi connectivity index (χ0v) is 17.9. The summed E-state index contributed by atoms with van der Waals surface area (Å²) < 4.78 is 5.56. The molecule has 1 N–H and O–H groups in total. The van der Waals surface area contributed by atoms with Gasteiger partial charge in [-0.15, -0.1) is 11.3 Å². The van der Waals surface area contributed by atoms with Crippen molar-refractivity contribution in [1.29, 1.82) is 0 Å². The summed E-state index contributed by atoms with van der Waals surface area (Å²) in [6.45, 7) is 4.56. The molecule has 1 aromatic carbocycles. The first-order valence-corrected chi connectivity index (χ1v) is 10.3. The van der Waals surface area contributed by atoms with Gasteiger partial charge < -0.3 is 19.9 Å². The van der Waals surface area contributed by atoms with Gasteiger partial charge in [-0.3, -0.25) is 4.99 Å². The van der Waals surface area contributed by atoms with Gasteiger partial charge in [0.05, 0.1) is 19.7 Å². The summed E-state index contributed by atoms with van der Waals surface area (Å²) in [5, 5.41) is 5.54. The van der Waals surface area contributed by atoms with Crippen LogP contribution in [0.15, 0.2) is 46.8 Å². The number of benzene rings is 1. The van der Waals surface area contributed by atoms with E-state index in [9.17, 15) is 0 Å². The number of aliphatic imine (C=N–C) groups is 1. The van der Waals surface area contributed by atoms with Gasteiger partial charge in [0.2, 0.25) is 0 Å². The molecule has 0 fully saturated rings. The zero-order chi connectivity index (χ0) is 19.6. The highest BCUT2D eigenvalue weighted by atomic mass is 32.1. The van der Waals surface area contributed by atoms with Crippen LogP contribution in [0.4, 0.5) is 0 Å². The van der Waals surface area contributed by atoms with Gasteiger partial charge in [0, 0.05) is 30.6 Å². The van der Waals surface area contributed by atoms with Gasteiger partial charge >= 0.3 is 0 Å². The lowest BCUT2D eigenvalue weighted by molar-refractivity contribution is 0.294. The number of guanidine groups is 1. The molecule has 148 valence electrons. The number of thiophene rings is 1. The average molecular weight is 389 g/mol. The Labute approximate surface area is 167 Å². The van der Waals surface area contributed by atoms with Crippen LogP contribution < -0.4 is 10.1 Å². The molecule has 0 aliphatic rings. The highest BCUT2D eigenvalue weighted by Gasteiger charge is 2.18. The summed E-state index contributed by atoms with van der Waals surface area (Å²) in [7, 11) is 7.99. The Kier molecular flexibility index (Phi) is 8.61. The van der Waals surface area contributed by atoms with Crippen molar-refractivity contribution in [2.75, 3.05) is 47.9 Å². The molecule has 0 bridgehead atoms. The average Bonchev–Trinajstić information content (AvgIpc) is 3.19. The van der Waals surface area contributed by atoms with Crippen LogP contribution in [0.25, 0.3) is 0 Å². The first-order valence-electron chi connectivity index (χ1n) is 9.38. The van der Waals surface area contributed by atoms with E-state index in [0.717, 1.165) is 36.8 Å². The van der Waals surface area contributed by atoms with Gasteiger partial charge in [0.25, 0.3) is 0 Å². The molecule has 0 spiro atoms. The maximum atomic E-state index is 5.56. The van der Waals surface area contributed by atoms with Crippen molar-refractivity contribution in [3.63, 3.8) is 0 Å². The summed E-state index contributed by atoms with van der Waals surface area (Å²) in [5.74, 6) is 1.85. The minimum atomic E-state index is 0.153. The molecule has 0 aliphatic carbocycles. The van der Waals surface area contributed by atoms with Gasteiger partial charge in [0.1, 0.15) is 5.75 Å². The van der Waals surface area contributed by atoms with Gasteiger partial charge in [-0.25, -0.2) is 0 Å². The number of ether oxygens (including phenoxy) is 1.